The monoisotopic (exact) mass is 434 g/mol. The third-order valence-electron chi connectivity index (χ3n) is 5.49. The van der Waals surface area contributed by atoms with Crippen molar-refractivity contribution >= 4 is 17.4 Å². The second kappa shape index (κ2) is 9.31. The lowest BCUT2D eigenvalue weighted by atomic mass is 9.98. The predicted octanol–water partition coefficient (Wildman–Crippen LogP) is 3.94. The standard InChI is InChI=1S/C24H22N2O4S/c25-12-16-11-15(14-31-16)23(28)22(27)9-10-26-24(29)30-13-21-19-7-3-1-5-17(19)18-6-2-4-8-20(18)21/h1-8,11,14,21-23,27-28H,9-10,13H2,(H,26,29). The van der Waals surface area contributed by atoms with Gasteiger partial charge in [-0.05, 0) is 45.7 Å². The van der Waals surface area contributed by atoms with E-state index < -0.39 is 18.3 Å². The number of hydrogen-bond acceptors (Lipinski definition) is 6. The number of aliphatic hydroxyl groups is 2. The Morgan fingerprint density at radius 2 is 1.77 bits per heavy atom. The zero-order chi connectivity index (χ0) is 21.8. The van der Waals surface area contributed by atoms with E-state index in [1.807, 2.05) is 30.3 Å². The van der Waals surface area contributed by atoms with Crippen LogP contribution >= 0.6 is 11.3 Å². The normalized spacial score (nSPS) is 14.2. The molecule has 31 heavy (non-hydrogen) atoms. The topological polar surface area (TPSA) is 103 Å². The van der Waals surface area contributed by atoms with Crippen molar-refractivity contribution < 1.29 is 19.7 Å². The number of carbonyl (C=O) groups excluding carboxylic acids is 1. The molecule has 0 aliphatic heterocycles. The van der Waals surface area contributed by atoms with E-state index in [1.165, 1.54) is 11.3 Å². The number of alkyl carbamates (subject to hydrolysis) is 1. The average Bonchev–Trinajstić information content (AvgIpc) is 3.40. The largest absolute Gasteiger partial charge is 0.449 e. The van der Waals surface area contributed by atoms with E-state index >= 15 is 0 Å². The predicted molar refractivity (Wildman–Crippen MR) is 118 cm³/mol. The van der Waals surface area contributed by atoms with Crippen LogP contribution in [0.5, 0.6) is 0 Å². The second-order valence-corrected chi connectivity index (χ2v) is 8.32. The van der Waals surface area contributed by atoms with Gasteiger partial charge in [0.15, 0.2) is 0 Å². The Morgan fingerprint density at radius 1 is 1.13 bits per heavy atom. The summed E-state index contributed by atoms with van der Waals surface area (Å²) in [5.41, 5.74) is 5.11. The number of hydrogen-bond donors (Lipinski definition) is 3. The Kier molecular flexibility index (Phi) is 6.33. The van der Waals surface area contributed by atoms with Crippen LogP contribution in [0.25, 0.3) is 11.1 Å². The maximum atomic E-state index is 12.2. The number of fused-ring (bicyclic) bond motifs is 3. The molecule has 0 fully saturated rings. The maximum absolute atomic E-state index is 12.2. The molecule has 0 saturated heterocycles. The molecule has 0 bridgehead atoms. The molecule has 0 radical (unpaired) electrons. The Bertz CT molecular complexity index is 1080. The van der Waals surface area contributed by atoms with Crippen LogP contribution in [-0.2, 0) is 4.74 Å². The average molecular weight is 435 g/mol. The molecule has 2 unspecified atom stereocenters. The Morgan fingerprint density at radius 3 is 2.39 bits per heavy atom. The van der Waals surface area contributed by atoms with Crippen LogP contribution in [0.3, 0.4) is 0 Å². The first-order valence-electron chi connectivity index (χ1n) is 10.0. The molecule has 0 saturated carbocycles. The van der Waals surface area contributed by atoms with Gasteiger partial charge in [-0.2, -0.15) is 5.26 Å². The summed E-state index contributed by atoms with van der Waals surface area (Å²) in [5.74, 6) is -0.0153. The SMILES string of the molecule is N#Cc1cc(C(O)C(O)CCNC(=O)OCC2c3ccccc3-c3ccccc32)cs1. The molecule has 1 aliphatic carbocycles. The summed E-state index contributed by atoms with van der Waals surface area (Å²) in [6, 6.07) is 19.8. The van der Waals surface area contributed by atoms with Crippen LogP contribution in [0.15, 0.2) is 60.0 Å². The fourth-order valence-electron chi connectivity index (χ4n) is 3.92. The van der Waals surface area contributed by atoms with Crippen molar-refractivity contribution in [1.29, 1.82) is 5.26 Å². The Labute approximate surface area is 184 Å². The van der Waals surface area contributed by atoms with E-state index in [0.29, 0.717) is 10.4 Å². The molecule has 1 heterocycles. The van der Waals surface area contributed by atoms with Gasteiger partial charge in [0.2, 0.25) is 0 Å². The molecule has 6 nitrogen and oxygen atoms in total. The number of rotatable bonds is 7. The smallest absolute Gasteiger partial charge is 0.407 e. The van der Waals surface area contributed by atoms with Crippen LogP contribution < -0.4 is 5.32 Å². The van der Waals surface area contributed by atoms with Gasteiger partial charge in [-0.1, -0.05) is 48.5 Å². The van der Waals surface area contributed by atoms with Crippen molar-refractivity contribution in [2.75, 3.05) is 13.2 Å². The molecule has 1 aromatic heterocycles. The van der Waals surface area contributed by atoms with Crippen molar-refractivity contribution in [2.24, 2.45) is 0 Å². The third-order valence-corrected chi connectivity index (χ3v) is 6.34. The number of nitrogens with zero attached hydrogens (tertiary/aromatic N) is 1. The van der Waals surface area contributed by atoms with Gasteiger partial charge in [0, 0.05) is 12.5 Å². The van der Waals surface area contributed by atoms with Crippen molar-refractivity contribution in [3.63, 3.8) is 0 Å². The highest BCUT2D eigenvalue weighted by Gasteiger charge is 2.29. The highest BCUT2D eigenvalue weighted by atomic mass is 32.1. The van der Waals surface area contributed by atoms with Crippen molar-refractivity contribution in [2.45, 2.75) is 24.5 Å². The van der Waals surface area contributed by atoms with Crippen molar-refractivity contribution in [3.8, 4) is 17.2 Å². The summed E-state index contributed by atoms with van der Waals surface area (Å²) < 4.78 is 5.46. The van der Waals surface area contributed by atoms with Crippen LogP contribution in [0.1, 0.15) is 40.0 Å². The molecule has 2 atom stereocenters. The number of carbonyl (C=O) groups is 1. The number of nitriles is 1. The third kappa shape index (κ3) is 4.47. The number of ether oxygens (including phenoxy) is 1. The molecule has 0 spiro atoms. The minimum Gasteiger partial charge on any atom is -0.449 e. The molecule has 1 amide bonds. The molecule has 4 rings (SSSR count). The lowest BCUT2D eigenvalue weighted by Gasteiger charge is -2.18. The summed E-state index contributed by atoms with van der Waals surface area (Å²) in [7, 11) is 0. The molecule has 2 aromatic carbocycles. The summed E-state index contributed by atoms with van der Waals surface area (Å²) in [5, 5.41) is 33.5. The van der Waals surface area contributed by atoms with E-state index in [1.54, 1.807) is 11.4 Å². The van der Waals surface area contributed by atoms with Crippen LogP contribution in [0.2, 0.25) is 0 Å². The van der Waals surface area contributed by atoms with Crippen molar-refractivity contribution in [1.82, 2.24) is 5.32 Å². The summed E-state index contributed by atoms with van der Waals surface area (Å²) in [6.07, 6.45) is -2.58. The number of benzene rings is 2. The van der Waals surface area contributed by atoms with Gasteiger partial charge >= 0.3 is 6.09 Å². The first-order valence-corrected chi connectivity index (χ1v) is 10.9. The Hall–Kier alpha value is -3.18. The summed E-state index contributed by atoms with van der Waals surface area (Å²) in [4.78, 5) is 12.6. The van der Waals surface area contributed by atoms with E-state index in [9.17, 15) is 15.0 Å². The second-order valence-electron chi connectivity index (χ2n) is 7.41. The summed E-state index contributed by atoms with van der Waals surface area (Å²) >= 11 is 1.21. The zero-order valence-electron chi connectivity index (χ0n) is 16.7. The number of thiophene rings is 1. The van der Waals surface area contributed by atoms with E-state index in [-0.39, 0.29) is 25.5 Å². The molecule has 1 aliphatic rings. The lowest BCUT2D eigenvalue weighted by molar-refractivity contribution is 0.0139. The highest BCUT2D eigenvalue weighted by molar-refractivity contribution is 7.10. The van der Waals surface area contributed by atoms with E-state index in [4.69, 9.17) is 10.00 Å². The first kappa shape index (κ1) is 21.1. The van der Waals surface area contributed by atoms with Gasteiger partial charge in [0.25, 0.3) is 0 Å². The molecular weight excluding hydrogens is 412 g/mol. The van der Waals surface area contributed by atoms with Crippen molar-refractivity contribution in [3.05, 3.63) is 81.5 Å². The number of aliphatic hydroxyl groups excluding tert-OH is 2. The Balaban J connectivity index is 1.28. The maximum Gasteiger partial charge on any atom is 0.407 e. The number of amides is 1. The van der Waals surface area contributed by atoms with Crippen LogP contribution in [0.4, 0.5) is 4.79 Å². The first-order chi connectivity index (χ1) is 15.1. The quantitative estimate of drug-likeness (QED) is 0.523. The molecule has 3 aromatic rings. The minimum atomic E-state index is -1.11. The minimum absolute atomic E-state index is 0.0153. The van der Waals surface area contributed by atoms with Gasteiger partial charge < -0.3 is 20.3 Å². The number of nitrogens with one attached hydrogen (secondary N) is 1. The lowest BCUT2D eigenvalue weighted by Crippen LogP contribution is -2.30. The molecule has 158 valence electrons. The van der Waals surface area contributed by atoms with E-state index in [0.717, 1.165) is 22.3 Å². The van der Waals surface area contributed by atoms with Crippen LogP contribution in [0, 0.1) is 11.3 Å². The van der Waals surface area contributed by atoms with Crippen LogP contribution in [-0.4, -0.2) is 35.6 Å². The van der Waals surface area contributed by atoms with Gasteiger partial charge in [0.1, 0.15) is 23.7 Å². The fraction of sp³-hybridized carbons (Fsp3) is 0.250. The highest BCUT2D eigenvalue weighted by Crippen LogP contribution is 2.44. The van der Waals surface area contributed by atoms with Gasteiger partial charge in [-0.3, -0.25) is 0 Å². The van der Waals surface area contributed by atoms with Gasteiger partial charge in [-0.25, -0.2) is 4.79 Å². The van der Waals surface area contributed by atoms with Gasteiger partial charge in [-0.15, -0.1) is 11.3 Å². The summed E-state index contributed by atoms with van der Waals surface area (Å²) in [6.45, 7) is 0.376. The molecule has 3 N–H and O–H groups in total. The molecular formula is C24H22N2O4S. The fourth-order valence-corrected chi connectivity index (χ4v) is 4.64. The van der Waals surface area contributed by atoms with Gasteiger partial charge in [0.05, 0.1) is 6.10 Å². The molecule has 7 heteroatoms. The van der Waals surface area contributed by atoms with E-state index in [2.05, 4.69) is 29.6 Å². The zero-order valence-corrected chi connectivity index (χ0v) is 17.5.